The lowest BCUT2D eigenvalue weighted by atomic mass is 9.75. The van der Waals surface area contributed by atoms with Crippen molar-refractivity contribution in [3.63, 3.8) is 0 Å². The molecule has 2 fully saturated rings. The van der Waals surface area contributed by atoms with Gasteiger partial charge in [0.25, 0.3) is 0 Å². The van der Waals surface area contributed by atoms with Gasteiger partial charge >= 0.3 is 5.97 Å². The van der Waals surface area contributed by atoms with Crippen LogP contribution in [-0.2, 0) is 4.79 Å². The number of carboxylic acids is 1. The van der Waals surface area contributed by atoms with Crippen LogP contribution >= 0.6 is 0 Å². The summed E-state index contributed by atoms with van der Waals surface area (Å²) in [6.45, 7) is 0. The second-order valence-electron chi connectivity index (χ2n) is 5.93. The van der Waals surface area contributed by atoms with E-state index in [1.54, 1.807) is 0 Å². The molecule has 1 aromatic rings. The summed E-state index contributed by atoms with van der Waals surface area (Å²) in [7, 11) is 0. The first-order valence-electron chi connectivity index (χ1n) is 6.84. The Morgan fingerprint density at radius 2 is 2.16 bits per heavy atom. The summed E-state index contributed by atoms with van der Waals surface area (Å²) in [5.74, 6) is -0.722. The van der Waals surface area contributed by atoms with Crippen LogP contribution in [0.2, 0.25) is 0 Å². The molecule has 2 aliphatic carbocycles. The van der Waals surface area contributed by atoms with Crippen molar-refractivity contribution in [3.8, 4) is 0 Å². The van der Waals surface area contributed by atoms with E-state index in [2.05, 4.69) is 0 Å². The molecule has 0 saturated heterocycles. The van der Waals surface area contributed by atoms with Crippen LogP contribution in [0.1, 0.15) is 37.2 Å². The number of carboxylic acid groups (broad SMARTS) is 1. The fraction of sp³-hybridized carbons (Fsp3) is 0.533. The molecule has 3 rings (SSSR count). The SMILES string of the molecule is Nc1ccc(F)cc1C(C(=O)O)C1CC2CCC1C2. The highest BCUT2D eigenvalue weighted by atomic mass is 19.1. The molecule has 0 aromatic heterocycles. The number of nitrogens with two attached hydrogens (primary N) is 1. The Hall–Kier alpha value is -1.58. The number of fused-ring (bicyclic) bond motifs is 2. The van der Waals surface area contributed by atoms with Gasteiger partial charge in [-0.15, -0.1) is 0 Å². The fourth-order valence-corrected chi connectivity index (χ4v) is 4.06. The van der Waals surface area contributed by atoms with Crippen LogP contribution in [0.25, 0.3) is 0 Å². The number of anilines is 1. The van der Waals surface area contributed by atoms with Crippen molar-refractivity contribution in [2.75, 3.05) is 5.73 Å². The first-order valence-corrected chi connectivity index (χ1v) is 6.84. The molecule has 3 N–H and O–H groups in total. The van der Waals surface area contributed by atoms with Crippen molar-refractivity contribution in [2.24, 2.45) is 17.8 Å². The Bertz CT molecular complexity index is 517. The molecule has 4 unspecified atom stereocenters. The molecule has 102 valence electrons. The minimum absolute atomic E-state index is 0.111. The van der Waals surface area contributed by atoms with Crippen LogP contribution in [0.15, 0.2) is 18.2 Å². The largest absolute Gasteiger partial charge is 0.481 e. The summed E-state index contributed by atoms with van der Waals surface area (Å²) < 4.78 is 13.4. The molecule has 4 heteroatoms. The fourth-order valence-electron chi connectivity index (χ4n) is 4.06. The van der Waals surface area contributed by atoms with Crippen molar-refractivity contribution in [1.82, 2.24) is 0 Å². The number of aliphatic carboxylic acids is 1. The number of hydrogen-bond acceptors (Lipinski definition) is 2. The average molecular weight is 263 g/mol. The van der Waals surface area contributed by atoms with Crippen molar-refractivity contribution in [2.45, 2.75) is 31.6 Å². The van der Waals surface area contributed by atoms with Crippen LogP contribution in [0.3, 0.4) is 0 Å². The number of hydrogen-bond donors (Lipinski definition) is 2. The Morgan fingerprint density at radius 3 is 2.74 bits per heavy atom. The van der Waals surface area contributed by atoms with Gasteiger partial charge in [0.15, 0.2) is 0 Å². The molecule has 19 heavy (non-hydrogen) atoms. The minimum atomic E-state index is -0.880. The maximum absolute atomic E-state index is 13.4. The highest BCUT2D eigenvalue weighted by Crippen LogP contribution is 2.53. The predicted octanol–water partition coefficient (Wildman–Crippen LogP) is 3.01. The van der Waals surface area contributed by atoms with Crippen LogP contribution in [-0.4, -0.2) is 11.1 Å². The van der Waals surface area contributed by atoms with E-state index in [9.17, 15) is 14.3 Å². The molecule has 0 heterocycles. The van der Waals surface area contributed by atoms with Gasteiger partial charge in [0.1, 0.15) is 5.82 Å². The number of halogens is 1. The van der Waals surface area contributed by atoms with Crippen LogP contribution in [0.4, 0.5) is 10.1 Å². The van der Waals surface area contributed by atoms with Crippen LogP contribution < -0.4 is 5.73 Å². The van der Waals surface area contributed by atoms with Gasteiger partial charge in [-0.1, -0.05) is 6.42 Å². The number of rotatable bonds is 3. The van der Waals surface area contributed by atoms with Gasteiger partial charge < -0.3 is 10.8 Å². The van der Waals surface area contributed by atoms with Crippen molar-refractivity contribution in [1.29, 1.82) is 0 Å². The van der Waals surface area contributed by atoms with E-state index in [-0.39, 0.29) is 5.92 Å². The van der Waals surface area contributed by atoms with Gasteiger partial charge in [-0.3, -0.25) is 4.79 Å². The normalized spacial score (nSPS) is 30.5. The molecule has 2 bridgehead atoms. The predicted molar refractivity (Wildman–Crippen MR) is 70.1 cm³/mol. The van der Waals surface area contributed by atoms with Crippen molar-refractivity contribution in [3.05, 3.63) is 29.6 Å². The van der Waals surface area contributed by atoms with E-state index in [0.717, 1.165) is 19.3 Å². The second kappa shape index (κ2) is 4.51. The summed E-state index contributed by atoms with van der Waals surface area (Å²) in [5.41, 5.74) is 6.70. The highest BCUT2D eigenvalue weighted by Gasteiger charge is 2.46. The maximum atomic E-state index is 13.4. The molecule has 2 saturated carbocycles. The molecule has 0 radical (unpaired) electrons. The van der Waals surface area contributed by atoms with Crippen molar-refractivity contribution < 1.29 is 14.3 Å². The molecule has 1 aromatic carbocycles. The van der Waals surface area contributed by atoms with E-state index in [4.69, 9.17) is 5.73 Å². The van der Waals surface area contributed by atoms with Gasteiger partial charge in [-0.2, -0.15) is 0 Å². The van der Waals surface area contributed by atoms with Crippen LogP contribution in [0.5, 0.6) is 0 Å². The highest BCUT2D eigenvalue weighted by molar-refractivity contribution is 5.79. The standard InChI is InChI=1S/C15H18FNO2/c16-10-3-4-13(17)12(7-10)14(15(18)19)11-6-8-1-2-9(11)5-8/h3-4,7-9,11,14H,1-2,5-6,17H2,(H,18,19). The number of benzene rings is 1. The third-order valence-electron chi connectivity index (χ3n) is 4.87. The number of nitrogen functional groups attached to an aromatic ring is 1. The first kappa shape index (κ1) is 12.5. The summed E-state index contributed by atoms with van der Waals surface area (Å²) in [4.78, 5) is 11.6. The third kappa shape index (κ3) is 2.09. The number of carbonyl (C=O) groups is 1. The zero-order valence-corrected chi connectivity index (χ0v) is 10.7. The van der Waals surface area contributed by atoms with Crippen molar-refractivity contribution >= 4 is 11.7 Å². The monoisotopic (exact) mass is 263 g/mol. The molecule has 0 amide bonds. The first-order chi connectivity index (χ1) is 9.06. The summed E-state index contributed by atoms with van der Waals surface area (Å²) in [6.07, 6.45) is 4.39. The van der Waals surface area contributed by atoms with Gasteiger partial charge in [0.05, 0.1) is 5.92 Å². The summed E-state index contributed by atoms with van der Waals surface area (Å²) in [5, 5.41) is 9.55. The molecule has 3 nitrogen and oxygen atoms in total. The lowest BCUT2D eigenvalue weighted by Crippen LogP contribution is -2.26. The second-order valence-corrected chi connectivity index (χ2v) is 5.93. The molecular formula is C15H18FNO2. The Labute approximate surface area is 111 Å². The lowest BCUT2D eigenvalue weighted by molar-refractivity contribution is -0.140. The van der Waals surface area contributed by atoms with E-state index >= 15 is 0 Å². The smallest absolute Gasteiger partial charge is 0.311 e. The van der Waals surface area contributed by atoms with Gasteiger partial charge in [-0.25, -0.2) is 4.39 Å². The van der Waals surface area contributed by atoms with Crippen LogP contribution in [0, 0.1) is 23.6 Å². The van der Waals surface area contributed by atoms with Gasteiger partial charge in [0.2, 0.25) is 0 Å². The average Bonchev–Trinajstić information content (AvgIpc) is 2.96. The Balaban J connectivity index is 1.97. The van der Waals surface area contributed by atoms with Gasteiger partial charge in [0, 0.05) is 5.69 Å². The quantitative estimate of drug-likeness (QED) is 0.824. The minimum Gasteiger partial charge on any atom is -0.481 e. The van der Waals surface area contributed by atoms with E-state index < -0.39 is 17.7 Å². The molecule has 4 atom stereocenters. The Morgan fingerprint density at radius 1 is 1.37 bits per heavy atom. The van der Waals surface area contributed by atoms with Gasteiger partial charge in [-0.05, 0) is 60.8 Å². The zero-order valence-electron chi connectivity index (χ0n) is 10.7. The summed E-state index contributed by atoms with van der Waals surface area (Å²) >= 11 is 0. The molecular weight excluding hydrogens is 245 g/mol. The topological polar surface area (TPSA) is 63.3 Å². The van der Waals surface area contributed by atoms with E-state index in [0.29, 0.717) is 23.1 Å². The zero-order chi connectivity index (χ0) is 13.6. The third-order valence-corrected chi connectivity index (χ3v) is 4.87. The molecule has 0 spiro atoms. The Kier molecular flexibility index (Phi) is 2.96. The molecule has 0 aliphatic heterocycles. The van der Waals surface area contributed by atoms with E-state index in [1.165, 1.54) is 24.6 Å². The molecule has 2 aliphatic rings. The van der Waals surface area contributed by atoms with E-state index in [1.807, 2.05) is 0 Å². The maximum Gasteiger partial charge on any atom is 0.311 e. The lowest BCUT2D eigenvalue weighted by Gasteiger charge is -2.28. The summed E-state index contributed by atoms with van der Waals surface area (Å²) in [6, 6.07) is 4.03.